The number of nitrogens with zero attached hydrogens (tertiary/aromatic N) is 1. The van der Waals surface area contributed by atoms with Crippen molar-refractivity contribution in [1.82, 2.24) is 10.2 Å². The second-order valence-electron chi connectivity index (χ2n) is 4.04. The SMILES string of the molecule is CNC(=O)C1CCN(C(=O)C(C)C)C1. The van der Waals surface area contributed by atoms with Gasteiger partial charge in [0.1, 0.15) is 0 Å². The van der Waals surface area contributed by atoms with Gasteiger partial charge in [0.25, 0.3) is 0 Å². The van der Waals surface area contributed by atoms with Gasteiger partial charge < -0.3 is 10.2 Å². The van der Waals surface area contributed by atoms with Gasteiger partial charge in [-0.05, 0) is 6.42 Å². The average molecular weight is 198 g/mol. The minimum Gasteiger partial charge on any atom is -0.359 e. The smallest absolute Gasteiger partial charge is 0.225 e. The van der Waals surface area contributed by atoms with E-state index >= 15 is 0 Å². The van der Waals surface area contributed by atoms with E-state index in [4.69, 9.17) is 0 Å². The summed E-state index contributed by atoms with van der Waals surface area (Å²) in [7, 11) is 1.63. The van der Waals surface area contributed by atoms with Gasteiger partial charge in [-0.25, -0.2) is 0 Å². The van der Waals surface area contributed by atoms with Gasteiger partial charge in [0.2, 0.25) is 11.8 Å². The van der Waals surface area contributed by atoms with Gasteiger partial charge in [-0.3, -0.25) is 9.59 Å². The lowest BCUT2D eigenvalue weighted by molar-refractivity contribution is -0.133. The summed E-state index contributed by atoms with van der Waals surface area (Å²) < 4.78 is 0. The zero-order valence-corrected chi connectivity index (χ0v) is 9.04. The maximum absolute atomic E-state index is 11.6. The first-order chi connectivity index (χ1) is 6.56. The van der Waals surface area contributed by atoms with E-state index in [0.29, 0.717) is 6.54 Å². The molecule has 2 amide bonds. The molecule has 0 aliphatic carbocycles. The molecule has 0 radical (unpaired) electrons. The normalized spacial score (nSPS) is 21.4. The molecule has 1 heterocycles. The van der Waals surface area contributed by atoms with Crippen LogP contribution in [0.1, 0.15) is 20.3 Å². The zero-order chi connectivity index (χ0) is 10.7. The molecule has 0 aromatic rings. The predicted molar refractivity (Wildman–Crippen MR) is 53.6 cm³/mol. The Bertz CT molecular complexity index is 238. The van der Waals surface area contributed by atoms with E-state index in [0.717, 1.165) is 13.0 Å². The molecule has 0 spiro atoms. The van der Waals surface area contributed by atoms with E-state index in [-0.39, 0.29) is 23.7 Å². The van der Waals surface area contributed by atoms with E-state index < -0.39 is 0 Å². The van der Waals surface area contributed by atoms with Gasteiger partial charge >= 0.3 is 0 Å². The molecule has 1 unspecified atom stereocenters. The third kappa shape index (κ3) is 2.25. The number of rotatable bonds is 2. The molecular formula is C10H18N2O2. The van der Waals surface area contributed by atoms with Gasteiger partial charge in [-0.2, -0.15) is 0 Å². The van der Waals surface area contributed by atoms with Crippen LogP contribution in [0.4, 0.5) is 0 Å². The highest BCUT2D eigenvalue weighted by Gasteiger charge is 2.31. The molecule has 1 rings (SSSR count). The molecule has 1 N–H and O–H groups in total. The maximum atomic E-state index is 11.6. The van der Waals surface area contributed by atoms with Crippen LogP contribution in [0.5, 0.6) is 0 Å². The second kappa shape index (κ2) is 4.44. The first kappa shape index (κ1) is 11.0. The Balaban J connectivity index is 2.49. The van der Waals surface area contributed by atoms with Crippen molar-refractivity contribution in [2.45, 2.75) is 20.3 Å². The second-order valence-corrected chi connectivity index (χ2v) is 4.04. The first-order valence-corrected chi connectivity index (χ1v) is 5.06. The highest BCUT2D eigenvalue weighted by atomic mass is 16.2. The standard InChI is InChI=1S/C10H18N2O2/c1-7(2)10(14)12-5-4-8(6-12)9(13)11-3/h7-8H,4-6H2,1-3H3,(H,11,13). The lowest BCUT2D eigenvalue weighted by atomic mass is 10.1. The number of amides is 2. The van der Waals surface area contributed by atoms with E-state index in [1.54, 1.807) is 11.9 Å². The van der Waals surface area contributed by atoms with Gasteiger partial charge in [0.15, 0.2) is 0 Å². The van der Waals surface area contributed by atoms with Crippen molar-refractivity contribution in [3.8, 4) is 0 Å². The third-order valence-electron chi connectivity index (χ3n) is 2.61. The fourth-order valence-corrected chi connectivity index (χ4v) is 1.74. The van der Waals surface area contributed by atoms with E-state index in [9.17, 15) is 9.59 Å². The van der Waals surface area contributed by atoms with Crippen molar-refractivity contribution in [3.63, 3.8) is 0 Å². The molecule has 4 nitrogen and oxygen atoms in total. The molecule has 0 bridgehead atoms. The molecule has 0 aromatic carbocycles. The van der Waals surface area contributed by atoms with Crippen LogP contribution >= 0.6 is 0 Å². The van der Waals surface area contributed by atoms with Crippen LogP contribution in [0.3, 0.4) is 0 Å². The van der Waals surface area contributed by atoms with Crippen molar-refractivity contribution in [2.75, 3.05) is 20.1 Å². The van der Waals surface area contributed by atoms with E-state index in [1.165, 1.54) is 0 Å². The van der Waals surface area contributed by atoms with E-state index in [2.05, 4.69) is 5.32 Å². The minimum atomic E-state index is -0.0114. The summed E-state index contributed by atoms with van der Waals surface area (Å²) in [6.45, 7) is 5.07. The monoisotopic (exact) mass is 198 g/mol. The van der Waals surface area contributed by atoms with E-state index in [1.807, 2.05) is 13.8 Å². The maximum Gasteiger partial charge on any atom is 0.225 e. The Morgan fingerprint density at radius 1 is 1.43 bits per heavy atom. The fraction of sp³-hybridized carbons (Fsp3) is 0.800. The Morgan fingerprint density at radius 3 is 2.57 bits per heavy atom. The van der Waals surface area contributed by atoms with Crippen LogP contribution in [-0.4, -0.2) is 36.9 Å². The Morgan fingerprint density at radius 2 is 2.07 bits per heavy atom. The number of hydrogen-bond donors (Lipinski definition) is 1. The van der Waals surface area contributed by atoms with Crippen LogP contribution < -0.4 is 5.32 Å². The molecule has 1 atom stereocenters. The molecular weight excluding hydrogens is 180 g/mol. The Hall–Kier alpha value is -1.06. The summed E-state index contributed by atoms with van der Waals surface area (Å²) in [5.41, 5.74) is 0. The van der Waals surface area contributed by atoms with Crippen LogP contribution in [0.25, 0.3) is 0 Å². The topological polar surface area (TPSA) is 49.4 Å². The number of hydrogen-bond acceptors (Lipinski definition) is 2. The number of carbonyl (C=O) groups excluding carboxylic acids is 2. The largest absolute Gasteiger partial charge is 0.359 e. The third-order valence-corrected chi connectivity index (χ3v) is 2.61. The van der Waals surface area contributed by atoms with Crippen LogP contribution in [0, 0.1) is 11.8 Å². The summed E-state index contributed by atoms with van der Waals surface area (Å²) in [6.07, 6.45) is 0.790. The van der Waals surface area contributed by atoms with Crippen molar-refractivity contribution >= 4 is 11.8 Å². The van der Waals surface area contributed by atoms with Crippen molar-refractivity contribution < 1.29 is 9.59 Å². The van der Waals surface area contributed by atoms with Crippen LogP contribution in [0.2, 0.25) is 0 Å². The molecule has 80 valence electrons. The molecule has 1 aliphatic rings. The molecule has 1 fully saturated rings. The van der Waals surface area contributed by atoms with Gasteiger partial charge in [-0.15, -0.1) is 0 Å². The summed E-state index contributed by atoms with van der Waals surface area (Å²) >= 11 is 0. The Labute approximate surface area is 84.7 Å². The summed E-state index contributed by atoms with van der Waals surface area (Å²) in [4.78, 5) is 24.7. The van der Waals surface area contributed by atoms with Crippen molar-refractivity contribution in [2.24, 2.45) is 11.8 Å². The van der Waals surface area contributed by atoms with Crippen LogP contribution in [0.15, 0.2) is 0 Å². The quantitative estimate of drug-likeness (QED) is 0.691. The fourth-order valence-electron chi connectivity index (χ4n) is 1.74. The predicted octanol–water partition coefficient (Wildman–Crippen LogP) is 0.237. The highest BCUT2D eigenvalue weighted by molar-refractivity contribution is 5.82. The summed E-state index contributed by atoms with van der Waals surface area (Å²) in [5, 5.41) is 2.62. The lowest BCUT2D eigenvalue weighted by Crippen LogP contribution is -2.35. The number of likely N-dealkylation sites (tertiary alicyclic amines) is 1. The molecule has 1 aliphatic heterocycles. The van der Waals surface area contributed by atoms with Crippen molar-refractivity contribution in [3.05, 3.63) is 0 Å². The molecule has 14 heavy (non-hydrogen) atoms. The number of nitrogens with one attached hydrogen (secondary N) is 1. The van der Waals surface area contributed by atoms with Crippen LogP contribution in [-0.2, 0) is 9.59 Å². The molecule has 0 aromatic heterocycles. The zero-order valence-electron chi connectivity index (χ0n) is 9.04. The summed E-state index contributed by atoms with van der Waals surface area (Å²) in [6, 6.07) is 0. The van der Waals surface area contributed by atoms with Crippen molar-refractivity contribution in [1.29, 1.82) is 0 Å². The highest BCUT2D eigenvalue weighted by Crippen LogP contribution is 2.18. The molecule has 0 saturated carbocycles. The average Bonchev–Trinajstić information content (AvgIpc) is 2.64. The van der Waals surface area contributed by atoms with Gasteiger partial charge in [0.05, 0.1) is 5.92 Å². The first-order valence-electron chi connectivity index (χ1n) is 5.06. The molecule has 1 saturated heterocycles. The lowest BCUT2D eigenvalue weighted by Gasteiger charge is -2.18. The Kier molecular flexibility index (Phi) is 3.49. The van der Waals surface area contributed by atoms with Gasteiger partial charge in [0, 0.05) is 26.1 Å². The summed E-state index contributed by atoms with van der Waals surface area (Å²) in [5.74, 6) is 0.210. The number of carbonyl (C=O) groups is 2. The minimum absolute atomic E-state index is 0.0114. The molecule has 4 heteroatoms. The van der Waals surface area contributed by atoms with Gasteiger partial charge in [-0.1, -0.05) is 13.8 Å².